The Morgan fingerprint density at radius 2 is 0.824 bits per heavy atom. The first-order valence-electron chi connectivity index (χ1n) is 20.1. The molecule has 0 aromatic heterocycles. The smallest absolute Gasteiger partial charge is 0.306 e. The molecule has 1 atom stereocenters. The molecule has 0 aromatic carbocycles. The maximum absolute atomic E-state index is 12.2. The monoisotopic (exact) mass is 703 g/mol. The van der Waals surface area contributed by atoms with Crippen LogP contribution in [0.25, 0.3) is 0 Å². The first-order valence-corrected chi connectivity index (χ1v) is 20.1. The molecule has 4 nitrogen and oxygen atoms in total. The summed E-state index contributed by atoms with van der Waals surface area (Å²) in [6, 6.07) is 0. The molecule has 0 rings (SSSR count). The van der Waals surface area contributed by atoms with Gasteiger partial charge in [0.1, 0.15) is 6.10 Å². The molecule has 0 aliphatic heterocycles. The summed E-state index contributed by atoms with van der Waals surface area (Å²) in [6.07, 6.45) is 64.0. The number of allylic oxidation sites excluding steroid dienone is 20. The molecule has 0 saturated heterocycles. The molecule has 1 N–H and O–H groups in total. The lowest BCUT2D eigenvalue weighted by Gasteiger charge is -2.15. The predicted molar refractivity (Wildman–Crippen MR) is 223 cm³/mol. The summed E-state index contributed by atoms with van der Waals surface area (Å²) in [7, 11) is 0. The van der Waals surface area contributed by atoms with Crippen molar-refractivity contribution in [1.29, 1.82) is 0 Å². The average molecular weight is 703 g/mol. The average Bonchev–Trinajstić information content (AvgIpc) is 3.14. The van der Waals surface area contributed by atoms with Crippen LogP contribution in [0.2, 0.25) is 0 Å². The van der Waals surface area contributed by atoms with Crippen molar-refractivity contribution in [3.8, 4) is 0 Å². The fourth-order valence-corrected chi connectivity index (χ4v) is 4.86. The van der Waals surface area contributed by atoms with Gasteiger partial charge in [0, 0.05) is 13.0 Å². The van der Waals surface area contributed by atoms with E-state index >= 15 is 0 Å². The van der Waals surface area contributed by atoms with Crippen LogP contribution in [-0.2, 0) is 14.3 Å². The Morgan fingerprint density at radius 1 is 0.471 bits per heavy atom. The van der Waals surface area contributed by atoms with E-state index in [9.17, 15) is 9.90 Å². The normalized spacial score (nSPS) is 13.7. The summed E-state index contributed by atoms with van der Waals surface area (Å²) in [4.78, 5) is 12.2. The maximum Gasteiger partial charge on any atom is 0.306 e. The van der Waals surface area contributed by atoms with Crippen molar-refractivity contribution in [1.82, 2.24) is 0 Å². The van der Waals surface area contributed by atoms with Crippen LogP contribution in [0.1, 0.15) is 142 Å². The second kappa shape index (κ2) is 43.0. The van der Waals surface area contributed by atoms with Crippen LogP contribution in [0.15, 0.2) is 122 Å². The number of hydrogen-bond acceptors (Lipinski definition) is 4. The molecule has 0 aliphatic carbocycles. The molecule has 0 aliphatic rings. The van der Waals surface area contributed by atoms with Crippen molar-refractivity contribution < 1.29 is 19.4 Å². The highest BCUT2D eigenvalue weighted by Gasteiger charge is 2.13. The Morgan fingerprint density at radius 3 is 1.24 bits per heavy atom. The number of carbonyl (C=O) groups is 1. The third-order valence-electron chi connectivity index (χ3n) is 7.78. The summed E-state index contributed by atoms with van der Waals surface area (Å²) in [5.41, 5.74) is 0. The number of aliphatic hydroxyl groups excluding tert-OH is 1. The van der Waals surface area contributed by atoms with Crippen LogP contribution in [0, 0.1) is 0 Å². The molecule has 0 saturated carbocycles. The van der Waals surface area contributed by atoms with Crippen LogP contribution in [0.5, 0.6) is 0 Å². The molecule has 4 heteroatoms. The van der Waals surface area contributed by atoms with Crippen LogP contribution >= 0.6 is 0 Å². The zero-order chi connectivity index (χ0) is 37.0. The zero-order valence-corrected chi connectivity index (χ0v) is 32.6. The zero-order valence-electron chi connectivity index (χ0n) is 32.6. The van der Waals surface area contributed by atoms with E-state index in [0.29, 0.717) is 13.0 Å². The number of esters is 1. The SMILES string of the molecule is CC/C=C\C/C=C\C/C=C\C/C=C\C/C=C\C/C=C\CCCOCC(CO)OC(=O)CCCCCCCC/C=C\C/C=C\C/C=C\C/C=C\CC. The summed E-state index contributed by atoms with van der Waals surface area (Å²) in [5, 5.41) is 9.58. The van der Waals surface area contributed by atoms with E-state index in [1.807, 2.05) is 0 Å². The minimum atomic E-state index is -0.582. The number of rotatable bonds is 35. The lowest BCUT2D eigenvalue weighted by Crippen LogP contribution is -2.27. The molecule has 0 bridgehead atoms. The number of aliphatic hydroxyl groups is 1. The van der Waals surface area contributed by atoms with Crippen LogP contribution in [0.3, 0.4) is 0 Å². The third-order valence-corrected chi connectivity index (χ3v) is 7.78. The van der Waals surface area contributed by atoms with Crippen molar-refractivity contribution >= 4 is 5.97 Å². The maximum atomic E-state index is 12.2. The number of hydrogen-bond donors (Lipinski definition) is 1. The van der Waals surface area contributed by atoms with Crippen LogP contribution in [0.4, 0.5) is 0 Å². The Labute approximate surface area is 314 Å². The second-order valence-electron chi connectivity index (χ2n) is 12.6. The van der Waals surface area contributed by atoms with Gasteiger partial charge in [0.05, 0.1) is 13.2 Å². The molecule has 286 valence electrons. The van der Waals surface area contributed by atoms with Crippen molar-refractivity contribution in [3.05, 3.63) is 122 Å². The van der Waals surface area contributed by atoms with Gasteiger partial charge in [0.15, 0.2) is 0 Å². The highest BCUT2D eigenvalue weighted by atomic mass is 16.6. The van der Waals surface area contributed by atoms with Gasteiger partial charge >= 0.3 is 5.97 Å². The summed E-state index contributed by atoms with van der Waals surface area (Å²) in [6.45, 7) is 4.93. The lowest BCUT2D eigenvalue weighted by atomic mass is 10.1. The minimum absolute atomic E-state index is 0.210. The lowest BCUT2D eigenvalue weighted by molar-refractivity contribution is -0.154. The molecule has 0 spiro atoms. The van der Waals surface area contributed by atoms with Gasteiger partial charge in [-0.2, -0.15) is 0 Å². The fraction of sp³-hybridized carbons (Fsp3) is 0.553. The Hall–Kier alpha value is -3.21. The van der Waals surface area contributed by atoms with E-state index in [1.54, 1.807) is 0 Å². The highest BCUT2D eigenvalue weighted by molar-refractivity contribution is 5.69. The van der Waals surface area contributed by atoms with Gasteiger partial charge in [0.25, 0.3) is 0 Å². The second-order valence-corrected chi connectivity index (χ2v) is 12.6. The minimum Gasteiger partial charge on any atom is -0.457 e. The first kappa shape index (κ1) is 47.8. The van der Waals surface area contributed by atoms with Crippen molar-refractivity contribution in [2.45, 2.75) is 148 Å². The Balaban J connectivity index is 3.64. The van der Waals surface area contributed by atoms with Gasteiger partial charge < -0.3 is 14.6 Å². The summed E-state index contributed by atoms with van der Waals surface area (Å²) >= 11 is 0. The Bertz CT molecular complexity index is 1050. The van der Waals surface area contributed by atoms with Gasteiger partial charge in [-0.1, -0.05) is 161 Å². The van der Waals surface area contributed by atoms with Gasteiger partial charge in [0.2, 0.25) is 0 Å². The molecule has 0 radical (unpaired) electrons. The van der Waals surface area contributed by atoms with Crippen molar-refractivity contribution in [3.63, 3.8) is 0 Å². The molecule has 0 amide bonds. The largest absolute Gasteiger partial charge is 0.457 e. The molecule has 51 heavy (non-hydrogen) atoms. The van der Waals surface area contributed by atoms with Crippen molar-refractivity contribution in [2.75, 3.05) is 19.8 Å². The van der Waals surface area contributed by atoms with E-state index < -0.39 is 6.10 Å². The van der Waals surface area contributed by atoms with Crippen LogP contribution in [-0.4, -0.2) is 37.0 Å². The fourth-order valence-electron chi connectivity index (χ4n) is 4.86. The number of carbonyl (C=O) groups excluding carboxylic acids is 1. The highest BCUT2D eigenvalue weighted by Crippen LogP contribution is 2.10. The van der Waals surface area contributed by atoms with Crippen molar-refractivity contribution in [2.24, 2.45) is 0 Å². The third kappa shape index (κ3) is 41.1. The Kier molecular flexibility index (Phi) is 40.3. The van der Waals surface area contributed by atoms with E-state index in [1.165, 1.54) is 19.3 Å². The predicted octanol–water partition coefficient (Wildman–Crippen LogP) is 13.3. The van der Waals surface area contributed by atoms with Gasteiger partial charge in [-0.25, -0.2) is 0 Å². The number of ether oxygens (including phenoxy) is 2. The van der Waals surface area contributed by atoms with E-state index in [2.05, 4.69) is 135 Å². The number of unbranched alkanes of at least 4 members (excludes halogenated alkanes) is 7. The molecule has 0 fully saturated rings. The van der Waals surface area contributed by atoms with E-state index in [4.69, 9.17) is 9.47 Å². The standard InChI is InChI=1S/C47H74O4/c1-3-5-7-9-11-13-15-17-19-21-23-25-27-29-31-33-35-37-39-41-43-50-45-46(44-48)51-47(49)42-40-38-36-34-32-30-28-26-24-22-20-18-16-14-12-10-8-6-4-2/h5-8,11-14,17-20,23-26,29,31,35,37,46,48H,3-4,9-10,15-16,21-22,27-28,30,32-34,36,38-45H2,1-2H3/b7-5-,8-6-,13-11-,14-12-,19-17-,20-18-,25-23-,26-24-,31-29-,37-35-. The van der Waals surface area contributed by atoms with Gasteiger partial charge in [-0.05, 0) is 96.3 Å². The van der Waals surface area contributed by atoms with Gasteiger partial charge in [-0.3, -0.25) is 4.79 Å². The molecular formula is C47H74O4. The van der Waals surface area contributed by atoms with Crippen LogP contribution < -0.4 is 0 Å². The summed E-state index contributed by atoms with van der Waals surface area (Å²) in [5.74, 6) is -0.241. The molecular weight excluding hydrogens is 629 g/mol. The van der Waals surface area contributed by atoms with E-state index in [0.717, 1.165) is 103 Å². The molecule has 0 heterocycles. The summed E-state index contributed by atoms with van der Waals surface area (Å²) < 4.78 is 11.1. The first-order chi connectivity index (χ1) is 25.2. The molecule has 0 aromatic rings. The van der Waals surface area contributed by atoms with Gasteiger partial charge in [-0.15, -0.1) is 0 Å². The van der Waals surface area contributed by atoms with E-state index in [-0.39, 0.29) is 19.2 Å². The molecule has 1 unspecified atom stereocenters. The topological polar surface area (TPSA) is 55.8 Å². The quantitative estimate of drug-likeness (QED) is 0.0406.